The Kier molecular flexibility index (Phi) is 5.15. The number of halogens is 2. The molecule has 6 nitrogen and oxygen atoms in total. The Morgan fingerprint density at radius 3 is 2.50 bits per heavy atom. The molecule has 0 atom stereocenters. The first-order valence-corrected chi connectivity index (χ1v) is 10.2. The molecule has 0 unspecified atom stereocenters. The number of amides is 1. The Bertz CT molecular complexity index is 944. The van der Waals surface area contributed by atoms with Crippen LogP contribution in [0.1, 0.15) is 10.4 Å². The van der Waals surface area contributed by atoms with Gasteiger partial charge in [-0.1, -0.05) is 11.6 Å². The van der Waals surface area contributed by atoms with E-state index in [-0.39, 0.29) is 15.5 Å². The summed E-state index contributed by atoms with van der Waals surface area (Å²) in [4.78, 5) is 20.2. The van der Waals surface area contributed by atoms with Crippen LogP contribution in [0.25, 0.3) is 0 Å². The normalized spacial score (nSPS) is 15.2. The SMILES string of the molecule is CS(=O)(=O)c1cccnc1N1CCN(C(=O)c2ccc(Cl)cc2F)CC1. The molecule has 26 heavy (non-hydrogen) atoms. The average molecular weight is 398 g/mol. The Labute approximate surface area is 156 Å². The maximum atomic E-state index is 14.0. The summed E-state index contributed by atoms with van der Waals surface area (Å²) >= 11 is 5.72. The predicted molar refractivity (Wildman–Crippen MR) is 96.9 cm³/mol. The number of hydrogen-bond acceptors (Lipinski definition) is 5. The molecule has 0 bridgehead atoms. The number of anilines is 1. The fraction of sp³-hybridized carbons (Fsp3) is 0.294. The molecule has 0 spiro atoms. The minimum Gasteiger partial charge on any atom is -0.352 e. The summed E-state index contributed by atoms with van der Waals surface area (Å²) in [5.41, 5.74) is -0.0301. The number of pyridine rings is 1. The molecule has 1 saturated heterocycles. The lowest BCUT2D eigenvalue weighted by Crippen LogP contribution is -2.49. The third-order valence-electron chi connectivity index (χ3n) is 4.18. The highest BCUT2D eigenvalue weighted by Gasteiger charge is 2.27. The van der Waals surface area contributed by atoms with Crippen molar-refractivity contribution in [3.05, 3.63) is 52.9 Å². The average Bonchev–Trinajstić information content (AvgIpc) is 2.61. The minimum atomic E-state index is -3.41. The van der Waals surface area contributed by atoms with Gasteiger partial charge in [-0.3, -0.25) is 4.79 Å². The van der Waals surface area contributed by atoms with E-state index in [1.807, 2.05) is 4.90 Å². The molecule has 2 heterocycles. The van der Waals surface area contributed by atoms with Gasteiger partial charge in [0, 0.05) is 43.7 Å². The van der Waals surface area contributed by atoms with Gasteiger partial charge in [-0.25, -0.2) is 17.8 Å². The number of hydrogen-bond donors (Lipinski definition) is 0. The van der Waals surface area contributed by atoms with Crippen molar-refractivity contribution >= 4 is 33.2 Å². The van der Waals surface area contributed by atoms with Crippen LogP contribution in [-0.2, 0) is 9.84 Å². The molecule has 1 amide bonds. The van der Waals surface area contributed by atoms with E-state index in [4.69, 9.17) is 11.6 Å². The molecule has 1 aliphatic rings. The lowest BCUT2D eigenvalue weighted by molar-refractivity contribution is 0.0741. The lowest BCUT2D eigenvalue weighted by Gasteiger charge is -2.36. The van der Waals surface area contributed by atoms with Crippen molar-refractivity contribution in [2.45, 2.75) is 4.90 Å². The van der Waals surface area contributed by atoms with Gasteiger partial charge in [0.2, 0.25) is 0 Å². The van der Waals surface area contributed by atoms with Gasteiger partial charge in [0.05, 0.1) is 5.56 Å². The van der Waals surface area contributed by atoms with Gasteiger partial charge >= 0.3 is 0 Å². The third-order valence-corrected chi connectivity index (χ3v) is 5.53. The maximum Gasteiger partial charge on any atom is 0.256 e. The number of carbonyl (C=O) groups is 1. The summed E-state index contributed by atoms with van der Waals surface area (Å²) in [6.45, 7) is 1.47. The fourth-order valence-corrected chi connectivity index (χ4v) is 3.86. The van der Waals surface area contributed by atoms with Crippen molar-refractivity contribution in [3.8, 4) is 0 Å². The molecule has 0 aliphatic carbocycles. The topological polar surface area (TPSA) is 70.6 Å². The molecule has 0 saturated carbocycles. The monoisotopic (exact) mass is 397 g/mol. The van der Waals surface area contributed by atoms with Gasteiger partial charge in [0.15, 0.2) is 9.84 Å². The Hall–Kier alpha value is -2.19. The molecule has 1 fully saturated rings. The van der Waals surface area contributed by atoms with Crippen LogP contribution in [0.3, 0.4) is 0 Å². The molecule has 138 valence electrons. The molecule has 0 radical (unpaired) electrons. The summed E-state index contributed by atoms with van der Waals surface area (Å²) in [7, 11) is -3.41. The molecular weight excluding hydrogens is 381 g/mol. The second-order valence-corrected chi connectivity index (χ2v) is 8.42. The second kappa shape index (κ2) is 7.20. The molecule has 3 rings (SSSR count). The second-order valence-electron chi connectivity index (χ2n) is 6.00. The summed E-state index contributed by atoms with van der Waals surface area (Å²) in [6.07, 6.45) is 2.67. The lowest BCUT2D eigenvalue weighted by atomic mass is 10.1. The van der Waals surface area contributed by atoms with Crippen LogP contribution < -0.4 is 4.90 Å². The quantitative estimate of drug-likeness (QED) is 0.794. The highest BCUT2D eigenvalue weighted by atomic mass is 35.5. The molecule has 9 heteroatoms. The van der Waals surface area contributed by atoms with Crippen molar-refractivity contribution in [2.75, 3.05) is 37.3 Å². The first kappa shape index (κ1) is 18.6. The van der Waals surface area contributed by atoms with Gasteiger partial charge in [0.25, 0.3) is 5.91 Å². The van der Waals surface area contributed by atoms with Crippen LogP contribution in [0, 0.1) is 5.82 Å². The number of nitrogens with zero attached hydrogens (tertiary/aromatic N) is 3. The number of carbonyl (C=O) groups excluding carboxylic acids is 1. The van der Waals surface area contributed by atoms with Crippen molar-refractivity contribution in [3.63, 3.8) is 0 Å². The Morgan fingerprint density at radius 2 is 1.88 bits per heavy atom. The Balaban J connectivity index is 1.75. The highest BCUT2D eigenvalue weighted by molar-refractivity contribution is 7.90. The van der Waals surface area contributed by atoms with Crippen LogP contribution >= 0.6 is 11.6 Å². The number of rotatable bonds is 3. The molecule has 1 aliphatic heterocycles. The predicted octanol–water partition coefficient (Wildman–Crippen LogP) is 2.24. The largest absolute Gasteiger partial charge is 0.352 e. The molecule has 0 N–H and O–H groups in total. The van der Waals surface area contributed by atoms with Crippen LogP contribution in [0.4, 0.5) is 10.2 Å². The highest BCUT2D eigenvalue weighted by Crippen LogP contribution is 2.24. The van der Waals surface area contributed by atoms with Crippen LogP contribution in [0.5, 0.6) is 0 Å². The zero-order chi connectivity index (χ0) is 18.9. The summed E-state index contributed by atoms with van der Waals surface area (Å²) in [6, 6.07) is 7.03. The van der Waals surface area contributed by atoms with E-state index in [1.165, 1.54) is 29.3 Å². The first-order valence-electron chi connectivity index (χ1n) is 7.92. The molecule has 1 aromatic carbocycles. The van der Waals surface area contributed by atoms with E-state index in [0.29, 0.717) is 32.0 Å². The number of benzene rings is 1. The van der Waals surface area contributed by atoms with Crippen LogP contribution in [-0.4, -0.2) is 56.6 Å². The van der Waals surface area contributed by atoms with Crippen molar-refractivity contribution < 1.29 is 17.6 Å². The summed E-state index contributed by atoms with van der Waals surface area (Å²) in [5.74, 6) is -0.697. The number of aromatic nitrogens is 1. The first-order chi connectivity index (χ1) is 12.3. The van der Waals surface area contributed by atoms with E-state index in [0.717, 1.165) is 12.3 Å². The Morgan fingerprint density at radius 1 is 1.19 bits per heavy atom. The van der Waals surface area contributed by atoms with Gasteiger partial charge in [-0.05, 0) is 30.3 Å². The van der Waals surface area contributed by atoms with E-state index < -0.39 is 21.6 Å². The molecule has 1 aromatic heterocycles. The van der Waals surface area contributed by atoms with Gasteiger partial charge in [-0.15, -0.1) is 0 Å². The fourth-order valence-electron chi connectivity index (χ4n) is 2.86. The van der Waals surface area contributed by atoms with Crippen molar-refractivity contribution in [2.24, 2.45) is 0 Å². The minimum absolute atomic E-state index is 0.0301. The van der Waals surface area contributed by atoms with E-state index in [9.17, 15) is 17.6 Å². The third kappa shape index (κ3) is 3.81. The number of sulfone groups is 1. The van der Waals surface area contributed by atoms with E-state index >= 15 is 0 Å². The maximum absolute atomic E-state index is 14.0. The molecular formula is C17H17ClFN3O3S. The zero-order valence-corrected chi connectivity index (χ0v) is 15.6. The van der Waals surface area contributed by atoms with Gasteiger partial charge in [-0.2, -0.15) is 0 Å². The molecule has 2 aromatic rings. The van der Waals surface area contributed by atoms with Gasteiger partial charge < -0.3 is 9.80 Å². The smallest absolute Gasteiger partial charge is 0.256 e. The van der Waals surface area contributed by atoms with Gasteiger partial charge in [0.1, 0.15) is 16.5 Å². The number of piperazine rings is 1. The van der Waals surface area contributed by atoms with Crippen molar-refractivity contribution in [1.29, 1.82) is 0 Å². The summed E-state index contributed by atoms with van der Waals surface area (Å²) < 4.78 is 37.8. The van der Waals surface area contributed by atoms with Crippen molar-refractivity contribution in [1.82, 2.24) is 9.88 Å². The summed E-state index contributed by atoms with van der Waals surface area (Å²) in [5, 5.41) is 0.229. The zero-order valence-electron chi connectivity index (χ0n) is 14.0. The standard InChI is InChI=1S/C17H17ClFN3O3S/c1-26(24,25)15-3-2-6-20-16(15)21-7-9-22(10-8-21)17(23)13-5-4-12(18)11-14(13)19/h2-6,11H,7-10H2,1H3. The van der Waals surface area contributed by atoms with E-state index in [1.54, 1.807) is 6.07 Å². The van der Waals surface area contributed by atoms with E-state index in [2.05, 4.69) is 4.98 Å². The van der Waals surface area contributed by atoms with Crippen LogP contribution in [0.2, 0.25) is 5.02 Å². The van der Waals surface area contributed by atoms with Crippen LogP contribution in [0.15, 0.2) is 41.4 Å².